The highest BCUT2D eigenvalue weighted by Gasteiger charge is 2.34. The molecule has 2 aromatic rings. The Morgan fingerprint density at radius 3 is 2.60 bits per heavy atom. The van der Waals surface area contributed by atoms with E-state index in [1.165, 1.54) is 12.8 Å². The number of amides is 1. The highest BCUT2D eigenvalue weighted by Crippen LogP contribution is 2.29. The minimum absolute atomic E-state index is 0.0819. The summed E-state index contributed by atoms with van der Waals surface area (Å²) in [5.74, 6) is 2.44. The Balaban J connectivity index is 1.36. The monoisotopic (exact) mass is 340 g/mol. The molecule has 4 rings (SSSR count). The number of ether oxygens (including phenoxy) is 2. The molecule has 2 fully saturated rings. The first-order chi connectivity index (χ1) is 12.2. The van der Waals surface area contributed by atoms with Gasteiger partial charge in [0.2, 0.25) is 5.88 Å². The van der Waals surface area contributed by atoms with Crippen LogP contribution in [0.5, 0.6) is 11.6 Å². The summed E-state index contributed by atoms with van der Waals surface area (Å²) in [5.41, 5.74) is 0.698. The molecule has 2 aliphatic rings. The molecule has 7 nitrogen and oxygen atoms in total. The molecule has 1 aliphatic heterocycles. The fourth-order valence-corrected chi connectivity index (χ4v) is 2.72. The Morgan fingerprint density at radius 2 is 1.92 bits per heavy atom. The number of carbonyl (C=O) groups excluding carboxylic acids is 1. The van der Waals surface area contributed by atoms with Crippen LogP contribution in [0.3, 0.4) is 0 Å². The first-order valence-electron chi connectivity index (χ1n) is 8.54. The number of hydrogen-bond donors (Lipinski definition) is 0. The van der Waals surface area contributed by atoms with Crippen molar-refractivity contribution >= 4 is 11.6 Å². The number of aromatic nitrogens is 3. The van der Waals surface area contributed by atoms with Crippen LogP contribution in [0.15, 0.2) is 30.7 Å². The molecule has 130 valence electrons. The number of rotatable bonds is 6. The molecule has 0 bridgehead atoms. The van der Waals surface area contributed by atoms with E-state index in [1.54, 1.807) is 35.6 Å². The van der Waals surface area contributed by atoms with E-state index in [-0.39, 0.29) is 5.91 Å². The number of carbonyl (C=O) groups is 1. The van der Waals surface area contributed by atoms with Crippen molar-refractivity contribution in [3.05, 3.63) is 36.5 Å². The molecule has 1 amide bonds. The molecule has 0 aromatic carbocycles. The second kappa shape index (κ2) is 6.66. The van der Waals surface area contributed by atoms with Crippen LogP contribution in [0.1, 0.15) is 25.1 Å². The van der Waals surface area contributed by atoms with Gasteiger partial charge in [0, 0.05) is 19.0 Å². The van der Waals surface area contributed by atoms with Crippen LogP contribution in [0.25, 0.3) is 0 Å². The van der Waals surface area contributed by atoms with Gasteiger partial charge in [-0.05, 0) is 31.7 Å². The highest BCUT2D eigenvalue weighted by atomic mass is 16.5. The predicted molar refractivity (Wildman–Crippen MR) is 90.6 cm³/mol. The maximum Gasteiger partial charge on any atom is 0.268 e. The van der Waals surface area contributed by atoms with Crippen molar-refractivity contribution in [1.82, 2.24) is 15.0 Å². The second-order valence-electron chi connectivity index (χ2n) is 6.46. The molecule has 25 heavy (non-hydrogen) atoms. The van der Waals surface area contributed by atoms with E-state index in [2.05, 4.69) is 15.0 Å². The van der Waals surface area contributed by atoms with Gasteiger partial charge in [-0.1, -0.05) is 0 Å². The quantitative estimate of drug-likeness (QED) is 0.802. The number of pyridine rings is 1. The van der Waals surface area contributed by atoms with E-state index in [0.717, 1.165) is 6.61 Å². The Bertz CT molecular complexity index is 744. The van der Waals surface area contributed by atoms with E-state index in [9.17, 15) is 4.79 Å². The summed E-state index contributed by atoms with van der Waals surface area (Å²) < 4.78 is 11.4. The smallest absolute Gasteiger partial charge is 0.268 e. The molecule has 1 atom stereocenters. The number of anilines is 1. The van der Waals surface area contributed by atoms with Crippen LogP contribution in [0.2, 0.25) is 0 Å². The van der Waals surface area contributed by atoms with Crippen LogP contribution in [0, 0.1) is 12.8 Å². The van der Waals surface area contributed by atoms with Crippen molar-refractivity contribution < 1.29 is 14.3 Å². The van der Waals surface area contributed by atoms with Crippen molar-refractivity contribution in [2.45, 2.75) is 32.3 Å². The minimum Gasteiger partial charge on any atom is -0.479 e. The van der Waals surface area contributed by atoms with Gasteiger partial charge >= 0.3 is 0 Å². The minimum atomic E-state index is -0.513. The maximum atomic E-state index is 12.5. The van der Waals surface area contributed by atoms with Gasteiger partial charge in [-0.15, -0.1) is 0 Å². The molecule has 0 N–H and O–H groups in total. The third kappa shape index (κ3) is 3.70. The fraction of sp³-hybridized carbons (Fsp3) is 0.444. The molecule has 1 saturated carbocycles. The summed E-state index contributed by atoms with van der Waals surface area (Å²) in [6.45, 7) is 3.13. The zero-order valence-electron chi connectivity index (χ0n) is 14.1. The number of hydrogen-bond acceptors (Lipinski definition) is 6. The SMILES string of the molecule is Cc1ncc(N2CC[C@@H](Oc3ccc(OCC4CC4)nc3)C2=O)cn1. The van der Waals surface area contributed by atoms with Crippen LogP contribution < -0.4 is 14.4 Å². The van der Waals surface area contributed by atoms with Crippen LogP contribution in [-0.2, 0) is 4.79 Å². The molecule has 0 radical (unpaired) electrons. The molecular formula is C18H20N4O3. The van der Waals surface area contributed by atoms with Crippen LogP contribution in [-0.4, -0.2) is 40.1 Å². The van der Waals surface area contributed by atoms with Crippen LogP contribution >= 0.6 is 0 Å². The summed E-state index contributed by atoms with van der Waals surface area (Å²) in [7, 11) is 0. The average Bonchev–Trinajstić information content (AvgIpc) is 3.39. The fourth-order valence-electron chi connectivity index (χ4n) is 2.72. The first kappa shape index (κ1) is 15.8. The van der Waals surface area contributed by atoms with Crippen molar-refractivity contribution in [1.29, 1.82) is 0 Å². The van der Waals surface area contributed by atoms with Gasteiger partial charge in [-0.25, -0.2) is 15.0 Å². The zero-order chi connectivity index (χ0) is 17.2. The Labute approximate surface area is 146 Å². The van der Waals surface area contributed by atoms with Crippen molar-refractivity contribution in [3.8, 4) is 11.6 Å². The summed E-state index contributed by atoms with van der Waals surface area (Å²) in [4.78, 5) is 26.7. The molecule has 1 aliphatic carbocycles. The average molecular weight is 340 g/mol. The first-order valence-corrected chi connectivity index (χ1v) is 8.54. The van der Waals surface area contributed by atoms with Crippen molar-refractivity contribution in [3.63, 3.8) is 0 Å². The van der Waals surface area contributed by atoms with E-state index in [1.807, 2.05) is 6.92 Å². The van der Waals surface area contributed by atoms with Crippen molar-refractivity contribution in [2.24, 2.45) is 5.92 Å². The molecule has 7 heteroatoms. The van der Waals surface area contributed by atoms with Gasteiger partial charge in [0.15, 0.2) is 6.10 Å². The maximum absolute atomic E-state index is 12.5. The summed E-state index contributed by atoms with van der Waals surface area (Å²) in [6, 6.07) is 3.57. The van der Waals surface area contributed by atoms with E-state index in [4.69, 9.17) is 9.47 Å². The van der Waals surface area contributed by atoms with Gasteiger partial charge < -0.3 is 14.4 Å². The number of nitrogens with zero attached hydrogens (tertiary/aromatic N) is 4. The third-order valence-corrected chi connectivity index (χ3v) is 4.39. The van der Waals surface area contributed by atoms with E-state index >= 15 is 0 Å². The standard InChI is InChI=1S/C18H20N4O3/c1-12-19-8-14(9-20-12)22-7-6-16(18(22)23)25-15-4-5-17(21-10-15)24-11-13-2-3-13/h4-5,8-10,13,16H,2-3,6-7,11H2,1H3/t16-/m1/s1. The summed E-state index contributed by atoms with van der Waals surface area (Å²) in [6.07, 6.45) is 7.52. The molecule has 3 heterocycles. The molecule has 0 unspecified atom stereocenters. The topological polar surface area (TPSA) is 77.4 Å². The zero-order valence-corrected chi connectivity index (χ0v) is 14.1. The lowest BCUT2D eigenvalue weighted by Crippen LogP contribution is -2.32. The van der Waals surface area contributed by atoms with E-state index < -0.39 is 6.10 Å². The van der Waals surface area contributed by atoms with Crippen molar-refractivity contribution in [2.75, 3.05) is 18.1 Å². The van der Waals surface area contributed by atoms with Gasteiger partial charge in [0.1, 0.15) is 11.6 Å². The largest absolute Gasteiger partial charge is 0.479 e. The summed E-state index contributed by atoms with van der Waals surface area (Å²) >= 11 is 0. The molecular weight excluding hydrogens is 320 g/mol. The molecule has 0 spiro atoms. The number of aryl methyl sites for hydroxylation is 1. The molecule has 2 aromatic heterocycles. The summed E-state index contributed by atoms with van der Waals surface area (Å²) in [5, 5.41) is 0. The Hall–Kier alpha value is -2.70. The van der Waals surface area contributed by atoms with Crippen LogP contribution in [0.4, 0.5) is 5.69 Å². The van der Waals surface area contributed by atoms with Gasteiger partial charge in [0.25, 0.3) is 5.91 Å². The molecule has 1 saturated heterocycles. The predicted octanol–water partition coefficient (Wildman–Crippen LogP) is 2.15. The van der Waals surface area contributed by atoms with E-state index in [0.29, 0.717) is 42.0 Å². The third-order valence-electron chi connectivity index (χ3n) is 4.39. The lowest BCUT2D eigenvalue weighted by atomic mass is 10.3. The lowest BCUT2D eigenvalue weighted by Gasteiger charge is -2.16. The normalized spacial score (nSPS) is 20.0. The van der Waals surface area contributed by atoms with Gasteiger partial charge in [-0.2, -0.15) is 0 Å². The Morgan fingerprint density at radius 1 is 1.12 bits per heavy atom. The van der Waals surface area contributed by atoms with Gasteiger partial charge in [0.05, 0.1) is 30.9 Å². The Kier molecular flexibility index (Phi) is 4.21. The second-order valence-corrected chi connectivity index (χ2v) is 6.46. The lowest BCUT2D eigenvalue weighted by molar-refractivity contribution is -0.122. The highest BCUT2D eigenvalue weighted by molar-refractivity contribution is 5.98. The van der Waals surface area contributed by atoms with Gasteiger partial charge in [-0.3, -0.25) is 4.79 Å².